The van der Waals surface area contributed by atoms with E-state index < -0.39 is 35.6 Å². The number of carbonyl (C=O) groups excluding carboxylic acids is 1. The van der Waals surface area contributed by atoms with Crippen molar-refractivity contribution in [2.24, 2.45) is 5.92 Å². The van der Waals surface area contributed by atoms with Crippen molar-refractivity contribution in [3.8, 4) is 0 Å². The molecule has 2 rings (SSSR count). The molecule has 1 saturated carbocycles. The number of rotatable bonds is 5. The van der Waals surface area contributed by atoms with Crippen LogP contribution < -0.4 is 0 Å². The lowest BCUT2D eigenvalue weighted by atomic mass is 9.86. The largest absolute Gasteiger partial charge is 0.459 e. The van der Waals surface area contributed by atoms with Crippen molar-refractivity contribution >= 4 is 5.97 Å². The molecule has 2 aliphatic rings. The maximum atomic E-state index is 13.0. The van der Waals surface area contributed by atoms with Gasteiger partial charge in [0.1, 0.15) is 6.10 Å². The highest BCUT2D eigenvalue weighted by atomic mass is 19.4. The number of carbonyl (C=O) groups is 1. The molecule has 26 heavy (non-hydrogen) atoms. The zero-order chi connectivity index (χ0) is 20.0. The van der Waals surface area contributed by atoms with E-state index in [1.807, 2.05) is 0 Å². The third-order valence-electron chi connectivity index (χ3n) is 5.13. The maximum Gasteiger partial charge on any atom is 0.443 e. The predicted molar refractivity (Wildman–Crippen MR) is 87.2 cm³/mol. The second kappa shape index (κ2) is 6.80. The Kier molecular flexibility index (Phi) is 5.54. The van der Waals surface area contributed by atoms with E-state index in [1.54, 1.807) is 20.8 Å². The van der Waals surface area contributed by atoms with Crippen LogP contribution in [0, 0.1) is 5.92 Å². The molecule has 1 N–H and O–H groups in total. The monoisotopic (exact) mass is 380 g/mol. The van der Waals surface area contributed by atoms with Gasteiger partial charge in [-0.1, -0.05) is 6.58 Å². The third-order valence-corrected chi connectivity index (χ3v) is 5.13. The van der Waals surface area contributed by atoms with Gasteiger partial charge in [0, 0.05) is 17.9 Å². The molecule has 0 bridgehead atoms. The van der Waals surface area contributed by atoms with Crippen LogP contribution >= 0.6 is 0 Å². The van der Waals surface area contributed by atoms with Crippen LogP contribution in [0.3, 0.4) is 0 Å². The summed E-state index contributed by atoms with van der Waals surface area (Å²) >= 11 is 0. The van der Waals surface area contributed by atoms with Gasteiger partial charge < -0.3 is 19.3 Å². The highest BCUT2D eigenvalue weighted by Gasteiger charge is 2.64. The van der Waals surface area contributed by atoms with Gasteiger partial charge in [-0.2, -0.15) is 13.2 Å². The van der Waals surface area contributed by atoms with Gasteiger partial charge in [0.05, 0.1) is 17.8 Å². The fourth-order valence-corrected chi connectivity index (χ4v) is 3.94. The molecule has 8 heteroatoms. The second-order valence-electron chi connectivity index (χ2n) is 8.16. The number of hydrogen-bond acceptors (Lipinski definition) is 5. The van der Waals surface area contributed by atoms with Gasteiger partial charge in [0.2, 0.25) is 0 Å². The first-order valence-corrected chi connectivity index (χ1v) is 8.69. The van der Waals surface area contributed by atoms with Gasteiger partial charge in [-0.3, -0.25) is 0 Å². The Morgan fingerprint density at radius 2 is 1.92 bits per heavy atom. The molecule has 1 heterocycles. The second-order valence-corrected chi connectivity index (χ2v) is 8.16. The molecule has 0 radical (unpaired) electrons. The Hall–Kier alpha value is -1.12. The topological polar surface area (TPSA) is 65.0 Å². The Balaban J connectivity index is 2.10. The summed E-state index contributed by atoms with van der Waals surface area (Å²) in [4.78, 5) is 11.8. The zero-order valence-corrected chi connectivity index (χ0v) is 15.6. The van der Waals surface area contributed by atoms with Gasteiger partial charge in [-0.15, -0.1) is 0 Å². The Morgan fingerprint density at radius 1 is 1.31 bits per heavy atom. The van der Waals surface area contributed by atoms with Crippen LogP contribution in [-0.2, 0) is 19.0 Å². The maximum absolute atomic E-state index is 13.0. The van der Waals surface area contributed by atoms with Crippen molar-refractivity contribution in [3.05, 3.63) is 12.2 Å². The summed E-state index contributed by atoms with van der Waals surface area (Å²) in [5, 5.41) is 9.75. The standard InChI is InChI=1S/C18H27F3O5/c1-11(2)14(22)25-13-8-6-7-12(13)15(3,4)26-16(5)9-17(23,24-10-16)18(19,20)21/h12-13,23H,1,6-10H2,2-5H3. The van der Waals surface area contributed by atoms with E-state index in [2.05, 4.69) is 11.3 Å². The van der Waals surface area contributed by atoms with Crippen LogP contribution in [0.4, 0.5) is 13.2 Å². The number of halogens is 3. The van der Waals surface area contributed by atoms with E-state index in [4.69, 9.17) is 9.47 Å². The highest BCUT2D eigenvalue weighted by molar-refractivity contribution is 5.87. The lowest BCUT2D eigenvalue weighted by molar-refractivity contribution is -0.349. The van der Waals surface area contributed by atoms with Gasteiger partial charge in [-0.25, -0.2) is 4.79 Å². The smallest absolute Gasteiger partial charge is 0.443 e. The van der Waals surface area contributed by atoms with E-state index in [1.165, 1.54) is 6.92 Å². The van der Waals surface area contributed by atoms with Crippen LogP contribution in [0.2, 0.25) is 0 Å². The van der Waals surface area contributed by atoms with Gasteiger partial charge >= 0.3 is 12.1 Å². The zero-order valence-electron chi connectivity index (χ0n) is 15.6. The van der Waals surface area contributed by atoms with Gasteiger partial charge in [-0.05, 0) is 47.0 Å². The van der Waals surface area contributed by atoms with Crippen LogP contribution in [0.5, 0.6) is 0 Å². The quantitative estimate of drug-likeness (QED) is 0.584. The average Bonchev–Trinajstić information content (AvgIpc) is 3.03. The molecule has 0 aromatic carbocycles. The SMILES string of the molecule is C=C(C)C(=O)OC1CCCC1C(C)(C)OC1(C)COC(O)(C(F)(F)F)C1. The molecule has 1 aliphatic carbocycles. The van der Waals surface area contributed by atoms with E-state index in [-0.39, 0.29) is 18.6 Å². The van der Waals surface area contributed by atoms with Crippen molar-refractivity contribution in [1.29, 1.82) is 0 Å². The van der Waals surface area contributed by atoms with Crippen molar-refractivity contribution < 1.29 is 37.3 Å². The van der Waals surface area contributed by atoms with Crippen molar-refractivity contribution in [3.63, 3.8) is 0 Å². The van der Waals surface area contributed by atoms with Crippen LogP contribution in [-0.4, -0.2) is 47.0 Å². The Bertz CT molecular complexity index is 574. The Morgan fingerprint density at radius 3 is 2.42 bits per heavy atom. The number of ether oxygens (including phenoxy) is 3. The molecule has 1 aliphatic heterocycles. The van der Waals surface area contributed by atoms with Crippen molar-refractivity contribution in [2.75, 3.05) is 6.61 Å². The molecule has 5 nitrogen and oxygen atoms in total. The number of alkyl halides is 3. The lowest BCUT2D eigenvalue weighted by Crippen LogP contribution is -2.49. The number of hydrogen-bond donors (Lipinski definition) is 1. The third kappa shape index (κ3) is 4.23. The number of aliphatic hydroxyl groups is 1. The highest BCUT2D eigenvalue weighted by Crippen LogP contribution is 2.47. The van der Waals surface area contributed by atoms with E-state index in [0.717, 1.165) is 12.8 Å². The molecular weight excluding hydrogens is 353 g/mol. The normalized spacial score (nSPS) is 35.5. The predicted octanol–water partition coefficient (Wildman–Crippen LogP) is 3.50. The Labute approximate surface area is 151 Å². The van der Waals surface area contributed by atoms with Crippen LogP contribution in [0.1, 0.15) is 53.4 Å². The minimum absolute atomic E-state index is 0.179. The fraction of sp³-hybridized carbons (Fsp3) is 0.833. The summed E-state index contributed by atoms with van der Waals surface area (Å²) in [5.74, 6) is -3.87. The molecule has 4 atom stereocenters. The average molecular weight is 380 g/mol. The summed E-state index contributed by atoms with van der Waals surface area (Å²) in [5.41, 5.74) is -1.88. The minimum atomic E-state index is -4.90. The summed E-state index contributed by atoms with van der Waals surface area (Å²) in [6.45, 7) is 9.76. The molecule has 1 saturated heterocycles. The fourth-order valence-electron chi connectivity index (χ4n) is 3.94. The first-order valence-electron chi connectivity index (χ1n) is 8.69. The summed E-state index contributed by atoms with van der Waals surface area (Å²) in [7, 11) is 0. The van der Waals surface area contributed by atoms with Crippen LogP contribution in [0.15, 0.2) is 12.2 Å². The molecule has 2 fully saturated rings. The molecule has 0 aromatic rings. The van der Waals surface area contributed by atoms with Gasteiger partial charge in [0.25, 0.3) is 5.79 Å². The first-order chi connectivity index (χ1) is 11.7. The van der Waals surface area contributed by atoms with Crippen molar-refractivity contribution in [1.82, 2.24) is 0 Å². The number of esters is 1. The van der Waals surface area contributed by atoms with Gasteiger partial charge in [0.15, 0.2) is 0 Å². The summed E-state index contributed by atoms with van der Waals surface area (Å²) < 4.78 is 55.2. The molecule has 4 unspecified atom stereocenters. The van der Waals surface area contributed by atoms with E-state index in [0.29, 0.717) is 12.0 Å². The van der Waals surface area contributed by atoms with Crippen LogP contribution in [0.25, 0.3) is 0 Å². The summed E-state index contributed by atoms with van der Waals surface area (Å²) in [6.07, 6.45) is -3.79. The lowest BCUT2D eigenvalue weighted by Gasteiger charge is -2.41. The molecule has 150 valence electrons. The van der Waals surface area contributed by atoms with E-state index >= 15 is 0 Å². The first kappa shape index (κ1) is 21.2. The molecule has 0 spiro atoms. The minimum Gasteiger partial charge on any atom is -0.459 e. The summed E-state index contributed by atoms with van der Waals surface area (Å²) in [6, 6.07) is 0. The molecule has 0 aromatic heterocycles. The van der Waals surface area contributed by atoms with Crippen molar-refractivity contribution in [2.45, 2.75) is 82.6 Å². The van der Waals surface area contributed by atoms with E-state index in [9.17, 15) is 23.1 Å². The molecule has 0 amide bonds. The molecular formula is C18H27F3O5.